The van der Waals surface area contributed by atoms with Crippen LogP contribution in [0.3, 0.4) is 0 Å². The molecule has 2 atom stereocenters. The van der Waals surface area contributed by atoms with Gasteiger partial charge in [0.15, 0.2) is 0 Å². The van der Waals surface area contributed by atoms with Crippen molar-refractivity contribution in [3.05, 3.63) is 30.3 Å². The van der Waals surface area contributed by atoms with Gasteiger partial charge >= 0.3 is 0 Å². The van der Waals surface area contributed by atoms with Crippen LogP contribution in [0.5, 0.6) is 0 Å². The molecule has 15 heavy (non-hydrogen) atoms. The summed E-state index contributed by atoms with van der Waals surface area (Å²) in [6.45, 7) is 1.83. The van der Waals surface area contributed by atoms with Crippen LogP contribution in [0.25, 0.3) is 0 Å². The maximum Gasteiger partial charge on any atom is 0.0715 e. The topological polar surface area (TPSA) is 23.5 Å². The van der Waals surface area contributed by atoms with Crippen LogP contribution >= 0.6 is 11.8 Å². The summed E-state index contributed by atoms with van der Waals surface area (Å²) in [6, 6.07) is 10.4. The van der Waals surface area contributed by atoms with Crippen LogP contribution in [-0.2, 0) is 0 Å². The Bertz CT molecular complexity index is 304. The average molecular weight is 223 g/mol. The maximum absolute atomic E-state index is 9.78. The molecule has 1 saturated heterocycles. The van der Waals surface area contributed by atoms with E-state index in [1.54, 1.807) is 0 Å². The molecule has 82 valence electrons. The Labute approximate surface area is 95.3 Å². The van der Waals surface area contributed by atoms with Crippen molar-refractivity contribution in [3.8, 4) is 0 Å². The Morgan fingerprint density at radius 2 is 2.07 bits per heavy atom. The Balaban J connectivity index is 1.84. The number of hydrogen-bond donors (Lipinski definition) is 1. The molecule has 1 aromatic carbocycles. The molecule has 0 saturated carbocycles. The fourth-order valence-electron chi connectivity index (χ4n) is 1.95. The summed E-state index contributed by atoms with van der Waals surface area (Å²) < 4.78 is 0. The third-order valence-electron chi connectivity index (χ3n) is 2.80. The van der Waals surface area contributed by atoms with Gasteiger partial charge in [0.05, 0.1) is 6.10 Å². The second kappa shape index (κ2) is 5.01. The van der Waals surface area contributed by atoms with E-state index in [1.807, 2.05) is 17.8 Å². The van der Waals surface area contributed by atoms with Crippen LogP contribution < -0.4 is 0 Å². The lowest BCUT2D eigenvalue weighted by atomic mass is 10.1. The smallest absolute Gasteiger partial charge is 0.0715 e. The van der Waals surface area contributed by atoms with E-state index >= 15 is 0 Å². The van der Waals surface area contributed by atoms with Gasteiger partial charge in [0, 0.05) is 29.7 Å². The van der Waals surface area contributed by atoms with Crippen molar-refractivity contribution in [1.82, 2.24) is 4.90 Å². The number of likely N-dealkylation sites (tertiary alicyclic amines) is 1. The number of β-amino-alcohol motifs (C(OH)–C–C–N with tert-alkyl or cyclic N) is 1. The van der Waals surface area contributed by atoms with E-state index in [4.69, 9.17) is 0 Å². The summed E-state index contributed by atoms with van der Waals surface area (Å²) >= 11 is 1.84. The molecule has 2 nitrogen and oxygen atoms in total. The van der Waals surface area contributed by atoms with Crippen molar-refractivity contribution in [2.24, 2.45) is 5.92 Å². The number of hydrogen-bond acceptors (Lipinski definition) is 3. The van der Waals surface area contributed by atoms with E-state index < -0.39 is 0 Å². The minimum absolute atomic E-state index is 0.147. The summed E-state index contributed by atoms with van der Waals surface area (Å²) in [7, 11) is 2.07. The Hall–Kier alpha value is -0.510. The predicted octanol–water partition coefficient (Wildman–Crippen LogP) is 1.70. The molecular weight excluding hydrogens is 206 g/mol. The first kappa shape index (κ1) is 11.0. The zero-order valence-corrected chi connectivity index (χ0v) is 9.78. The van der Waals surface area contributed by atoms with Crippen molar-refractivity contribution in [2.75, 3.05) is 25.9 Å². The van der Waals surface area contributed by atoms with Gasteiger partial charge in [-0.3, -0.25) is 0 Å². The molecular formula is C12H17NOS. The molecule has 1 aliphatic heterocycles. The fraction of sp³-hybridized carbons (Fsp3) is 0.500. The Morgan fingerprint density at radius 1 is 1.33 bits per heavy atom. The predicted molar refractivity (Wildman–Crippen MR) is 64.2 cm³/mol. The Kier molecular flexibility index (Phi) is 3.67. The van der Waals surface area contributed by atoms with Crippen molar-refractivity contribution in [2.45, 2.75) is 11.0 Å². The van der Waals surface area contributed by atoms with E-state index in [9.17, 15) is 5.11 Å². The van der Waals surface area contributed by atoms with Gasteiger partial charge < -0.3 is 10.0 Å². The summed E-state index contributed by atoms with van der Waals surface area (Å²) in [6.07, 6.45) is -0.147. The lowest BCUT2D eigenvalue weighted by Gasteiger charge is -2.12. The molecule has 0 unspecified atom stereocenters. The van der Waals surface area contributed by atoms with Gasteiger partial charge in [-0.25, -0.2) is 0 Å². The number of thioether (sulfide) groups is 1. The average Bonchev–Trinajstić information content (AvgIpc) is 2.56. The van der Waals surface area contributed by atoms with Gasteiger partial charge in [0.25, 0.3) is 0 Å². The quantitative estimate of drug-likeness (QED) is 0.789. The van der Waals surface area contributed by atoms with Gasteiger partial charge in [0.1, 0.15) is 0 Å². The minimum Gasteiger partial charge on any atom is -0.391 e. The molecule has 3 heteroatoms. The van der Waals surface area contributed by atoms with Crippen LogP contribution in [0.15, 0.2) is 35.2 Å². The first-order valence-electron chi connectivity index (χ1n) is 5.30. The summed E-state index contributed by atoms with van der Waals surface area (Å²) in [4.78, 5) is 3.49. The van der Waals surface area contributed by atoms with Crippen LogP contribution in [0.4, 0.5) is 0 Å². The number of nitrogens with zero attached hydrogens (tertiary/aromatic N) is 1. The lowest BCUT2D eigenvalue weighted by Crippen LogP contribution is -2.19. The number of benzene rings is 1. The third kappa shape index (κ3) is 2.97. The second-order valence-corrected chi connectivity index (χ2v) is 5.27. The lowest BCUT2D eigenvalue weighted by molar-refractivity contribution is 0.152. The molecule has 0 radical (unpaired) electrons. The SMILES string of the molecule is CN1C[C@H](CSc2ccccc2)[C@@H](O)C1. The standard InChI is InChI=1S/C12H17NOS/c1-13-7-10(12(14)8-13)9-15-11-5-3-2-4-6-11/h2-6,10,12,14H,7-9H2,1H3/t10-,12+/m1/s1. The van der Waals surface area contributed by atoms with Gasteiger partial charge in [-0.05, 0) is 19.2 Å². The molecule has 0 aromatic heterocycles. The minimum atomic E-state index is -0.147. The fourth-order valence-corrected chi connectivity index (χ4v) is 3.03. The highest BCUT2D eigenvalue weighted by Gasteiger charge is 2.28. The van der Waals surface area contributed by atoms with Crippen LogP contribution in [0.1, 0.15) is 0 Å². The zero-order valence-electron chi connectivity index (χ0n) is 8.97. The van der Waals surface area contributed by atoms with Crippen molar-refractivity contribution < 1.29 is 5.11 Å². The highest BCUT2D eigenvalue weighted by Crippen LogP contribution is 2.25. The summed E-state index contributed by atoms with van der Waals surface area (Å²) in [5.74, 6) is 1.43. The van der Waals surface area contributed by atoms with Crippen LogP contribution in [0.2, 0.25) is 0 Å². The van der Waals surface area contributed by atoms with Gasteiger partial charge in [-0.1, -0.05) is 18.2 Å². The van der Waals surface area contributed by atoms with Crippen molar-refractivity contribution in [3.63, 3.8) is 0 Å². The number of aliphatic hydroxyl groups excluding tert-OH is 1. The number of aliphatic hydroxyl groups is 1. The molecule has 1 aromatic rings. The highest BCUT2D eigenvalue weighted by molar-refractivity contribution is 7.99. The van der Waals surface area contributed by atoms with Gasteiger partial charge in [-0.2, -0.15) is 0 Å². The van der Waals surface area contributed by atoms with Gasteiger partial charge in [0.2, 0.25) is 0 Å². The molecule has 0 spiro atoms. The third-order valence-corrected chi connectivity index (χ3v) is 4.00. The monoisotopic (exact) mass is 223 g/mol. The summed E-state index contributed by atoms with van der Waals surface area (Å²) in [5.41, 5.74) is 0. The molecule has 1 N–H and O–H groups in total. The molecule has 0 aliphatic carbocycles. The van der Waals surface area contributed by atoms with Crippen LogP contribution in [-0.4, -0.2) is 42.0 Å². The maximum atomic E-state index is 9.78. The van der Waals surface area contributed by atoms with E-state index in [0.717, 1.165) is 18.8 Å². The normalized spacial score (nSPS) is 27.1. The van der Waals surface area contributed by atoms with E-state index in [-0.39, 0.29) is 6.10 Å². The summed E-state index contributed by atoms with van der Waals surface area (Å²) in [5, 5.41) is 9.78. The van der Waals surface area contributed by atoms with Crippen molar-refractivity contribution in [1.29, 1.82) is 0 Å². The molecule has 1 heterocycles. The highest BCUT2D eigenvalue weighted by atomic mass is 32.2. The second-order valence-electron chi connectivity index (χ2n) is 4.17. The van der Waals surface area contributed by atoms with E-state index in [0.29, 0.717) is 5.92 Å². The Morgan fingerprint density at radius 3 is 2.67 bits per heavy atom. The number of rotatable bonds is 3. The van der Waals surface area contributed by atoms with E-state index in [2.05, 4.69) is 36.2 Å². The first-order valence-corrected chi connectivity index (χ1v) is 6.29. The van der Waals surface area contributed by atoms with Gasteiger partial charge in [-0.15, -0.1) is 11.8 Å². The van der Waals surface area contributed by atoms with Crippen molar-refractivity contribution >= 4 is 11.8 Å². The molecule has 1 aliphatic rings. The molecule has 0 amide bonds. The first-order chi connectivity index (χ1) is 7.25. The van der Waals surface area contributed by atoms with Crippen LogP contribution in [0, 0.1) is 5.92 Å². The van der Waals surface area contributed by atoms with E-state index in [1.165, 1.54) is 4.90 Å². The molecule has 2 rings (SSSR count). The molecule has 1 fully saturated rings. The molecule has 0 bridgehead atoms. The number of likely N-dealkylation sites (N-methyl/N-ethyl adjacent to an activating group) is 1. The zero-order chi connectivity index (χ0) is 10.7. The largest absolute Gasteiger partial charge is 0.391 e.